The smallest absolute Gasteiger partial charge is 0.266 e. The number of aryl methyl sites for hydroxylation is 1. The zero-order valence-corrected chi connectivity index (χ0v) is 18.0. The lowest BCUT2D eigenvalue weighted by molar-refractivity contribution is -0.112. The molecular formula is C24H17Cl2FN2O2. The summed E-state index contributed by atoms with van der Waals surface area (Å²) in [5, 5.41) is 13.0. The molecule has 0 radical (unpaired) electrons. The van der Waals surface area contributed by atoms with Crippen molar-refractivity contribution < 1.29 is 13.9 Å². The Hall–Kier alpha value is -3.33. The molecule has 0 unspecified atom stereocenters. The number of amides is 1. The molecule has 0 aliphatic rings. The summed E-state index contributed by atoms with van der Waals surface area (Å²) in [6, 6.07) is 18.0. The third-order valence-corrected chi connectivity index (χ3v) is 5.05. The van der Waals surface area contributed by atoms with Crippen molar-refractivity contribution in [1.82, 2.24) is 0 Å². The van der Waals surface area contributed by atoms with Gasteiger partial charge in [-0.2, -0.15) is 5.26 Å². The van der Waals surface area contributed by atoms with Crippen LogP contribution in [0.1, 0.15) is 16.7 Å². The monoisotopic (exact) mass is 454 g/mol. The van der Waals surface area contributed by atoms with Crippen molar-refractivity contribution in [2.24, 2.45) is 0 Å². The summed E-state index contributed by atoms with van der Waals surface area (Å²) >= 11 is 12.2. The number of carbonyl (C=O) groups is 1. The number of hydrogen-bond acceptors (Lipinski definition) is 3. The van der Waals surface area contributed by atoms with Crippen molar-refractivity contribution in [3.05, 3.63) is 98.8 Å². The van der Waals surface area contributed by atoms with Crippen LogP contribution in [-0.2, 0) is 11.4 Å². The summed E-state index contributed by atoms with van der Waals surface area (Å²) in [5.41, 5.74) is 1.96. The average Bonchev–Trinajstić information content (AvgIpc) is 2.75. The Morgan fingerprint density at radius 2 is 1.94 bits per heavy atom. The van der Waals surface area contributed by atoms with Crippen molar-refractivity contribution in [3.63, 3.8) is 0 Å². The van der Waals surface area contributed by atoms with Gasteiger partial charge in [0.1, 0.15) is 29.8 Å². The molecule has 0 fully saturated rings. The highest BCUT2D eigenvalue weighted by atomic mass is 35.5. The predicted molar refractivity (Wildman–Crippen MR) is 121 cm³/mol. The first-order valence-corrected chi connectivity index (χ1v) is 9.98. The van der Waals surface area contributed by atoms with Crippen molar-refractivity contribution >= 4 is 40.9 Å². The summed E-state index contributed by atoms with van der Waals surface area (Å²) in [4.78, 5) is 12.6. The fourth-order valence-electron chi connectivity index (χ4n) is 2.71. The highest BCUT2D eigenvalue weighted by molar-refractivity contribution is 6.31. The van der Waals surface area contributed by atoms with E-state index in [1.807, 2.05) is 13.0 Å². The molecule has 0 atom stereocenters. The first-order valence-electron chi connectivity index (χ1n) is 9.22. The molecule has 0 bridgehead atoms. The molecule has 7 heteroatoms. The topological polar surface area (TPSA) is 62.1 Å². The van der Waals surface area contributed by atoms with Gasteiger partial charge in [0.25, 0.3) is 5.91 Å². The number of rotatable bonds is 6. The van der Waals surface area contributed by atoms with Gasteiger partial charge in [0.2, 0.25) is 0 Å². The Morgan fingerprint density at radius 1 is 1.16 bits per heavy atom. The van der Waals surface area contributed by atoms with E-state index in [2.05, 4.69) is 5.32 Å². The lowest BCUT2D eigenvalue weighted by atomic mass is 10.1. The number of nitriles is 1. The van der Waals surface area contributed by atoms with E-state index in [0.717, 1.165) is 5.56 Å². The molecule has 1 amide bonds. The molecule has 3 rings (SSSR count). The standard InChI is InChI=1S/C24H17Cl2FN2O2/c1-15-6-8-20(12-21(15)26)29-24(30)18(13-28)10-17-11-19(25)7-9-23(17)31-14-16-4-2-3-5-22(16)27/h2-12H,14H2,1H3,(H,29,30)/b18-10+. The van der Waals surface area contributed by atoms with Gasteiger partial charge in [0, 0.05) is 26.9 Å². The largest absolute Gasteiger partial charge is 0.488 e. The van der Waals surface area contributed by atoms with Crippen molar-refractivity contribution in [2.45, 2.75) is 13.5 Å². The Labute approximate surface area is 189 Å². The summed E-state index contributed by atoms with van der Waals surface area (Å²) < 4.78 is 19.6. The second kappa shape index (κ2) is 10.1. The van der Waals surface area contributed by atoms with Crippen LogP contribution >= 0.6 is 23.2 Å². The molecule has 0 heterocycles. The van der Waals surface area contributed by atoms with Gasteiger partial charge < -0.3 is 10.1 Å². The molecule has 4 nitrogen and oxygen atoms in total. The van der Waals surface area contributed by atoms with Gasteiger partial charge in [0.05, 0.1) is 0 Å². The Balaban J connectivity index is 1.84. The lowest BCUT2D eigenvalue weighted by Gasteiger charge is -2.11. The molecule has 0 aromatic heterocycles. The number of nitrogens with zero attached hydrogens (tertiary/aromatic N) is 1. The highest BCUT2D eigenvalue weighted by Gasteiger charge is 2.13. The van der Waals surface area contributed by atoms with Gasteiger partial charge in [-0.25, -0.2) is 4.39 Å². The third-order valence-electron chi connectivity index (χ3n) is 4.41. The fourth-order valence-corrected chi connectivity index (χ4v) is 3.07. The van der Waals surface area contributed by atoms with Crippen LogP contribution < -0.4 is 10.1 Å². The quantitative estimate of drug-likeness (QED) is 0.338. The van der Waals surface area contributed by atoms with E-state index in [0.29, 0.717) is 32.6 Å². The van der Waals surface area contributed by atoms with E-state index >= 15 is 0 Å². The molecule has 0 aliphatic heterocycles. The second-order valence-electron chi connectivity index (χ2n) is 6.65. The summed E-state index contributed by atoms with van der Waals surface area (Å²) in [7, 11) is 0. The first kappa shape index (κ1) is 22.4. The molecule has 0 saturated carbocycles. The molecule has 0 saturated heterocycles. The molecule has 3 aromatic rings. The zero-order chi connectivity index (χ0) is 22.4. The van der Waals surface area contributed by atoms with Gasteiger partial charge in [-0.1, -0.05) is 47.5 Å². The minimum atomic E-state index is -0.609. The Kier molecular flexibility index (Phi) is 7.30. The van der Waals surface area contributed by atoms with E-state index < -0.39 is 5.91 Å². The number of halogens is 3. The SMILES string of the molecule is Cc1ccc(NC(=O)/C(C#N)=C/c2cc(Cl)ccc2OCc2ccccc2F)cc1Cl. The van der Waals surface area contributed by atoms with Gasteiger partial charge in [-0.05, 0) is 55.0 Å². The molecule has 3 aromatic carbocycles. The Morgan fingerprint density at radius 3 is 2.65 bits per heavy atom. The van der Waals surface area contributed by atoms with E-state index in [9.17, 15) is 14.4 Å². The van der Waals surface area contributed by atoms with Crippen LogP contribution in [0.3, 0.4) is 0 Å². The number of nitrogens with one attached hydrogen (secondary N) is 1. The van der Waals surface area contributed by atoms with Gasteiger partial charge in [0.15, 0.2) is 0 Å². The average molecular weight is 455 g/mol. The van der Waals surface area contributed by atoms with E-state index in [-0.39, 0.29) is 18.0 Å². The third kappa shape index (κ3) is 5.85. The van der Waals surface area contributed by atoms with Crippen molar-refractivity contribution in [3.8, 4) is 11.8 Å². The highest BCUT2D eigenvalue weighted by Crippen LogP contribution is 2.27. The van der Waals surface area contributed by atoms with Gasteiger partial charge in [-0.3, -0.25) is 4.79 Å². The number of anilines is 1. The van der Waals surface area contributed by atoms with Crippen LogP contribution in [-0.4, -0.2) is 5.91 Å². The second-order valence-corrected chi connectivity index (χ2v) is 7.49. The number of ether oxygens (including phenoxy) is 1. The summed E-state index contributed by atoms with van der Waals surface area (Å²) in [5.74, 6) is -0.642. The van der Waals surface area contributed by atoms with E-state index in [1.165, 1.54) is 12.1 Å². The summed E-state index contributed by atoms with van der Waals surface area (Å²) in [6.07, 6.45) is 1.37. The zero-order valence-electron chi connectivity index (χ0n) is 16.5. The van der Waals surface area contributed by atoms with E-state index in [4.69, 9.17) is 27.9 Å². The molecule has 0 aliphatic carbocycles. The lowest BCUT2D eigenvalue weighted by Crippen LogP contribution is -2.13. The van der Waals surface area contributed by atoms with Crippen LogP contribution in [0.25, 0.3) is 6.08 Å². The normalized spacial score (nSPS) is 11.0. The maximum Gasteiger partial charge on any atom is 0.266 e. The minimum Gasteiger partial charge on any atom is -0.488 e. The maximum absolute atomic E-state index is 13.9. The van der Waals surface area contributed by atoms with Gasteiger partial charge in [-0.15, -0.1) is 0 Å². The van der Waals surface area contributed by atoms with Crippen LogP contribution in [0.5, 0.6) is 5.75 Å². The van der Waals surface area contributed by atoms with Crippen LogP contribution in [0.2, 0.25) is 10.0 Å². The first-order chi connectivity index (χ1) is 14.9. The molecule has 156 valence electrons. The molecular weight excluding hydrogens is 438 g/mol. The van der Waals surface area contributed by atoms with E-state index in [1.54, 1.807) is 54.6 Å². The number of carbonyl (C=O) groups excluding carboxylic acids is 1. The van der Waals surface area contributed by atoms with Crippen LogP contribution in [0.15, 0.2) is 66.2 Å². The van der Waals surface area contributed by atoms with Crippen molar-refractivity contribution in [2.75, 3.05) is 5.32 Å². The number of benzene rings is 3. The number of hydrogen-bond donors (Lipinski definition) is 1. The van der Waals surface area contributed by atoms with Gasteiger partial charge >= 0.3 is 0 Å². The fraction of sp³-hybridized carbons (Fsp3) is 0.0833. The van der Waals surface area contributed by atoms with Crippen LogP contribution in [0, 0.1) is 24.1 Å². The Bertz CT molecular complexity index is 1200. The predicted octanol–water partition coefficient (Wildman–Crippen LogP) is 6.57. The molecule has 31 heavy (non-hydrogen) atoms. The molecule has 0 spiro atoms. The van der Waals surface area contributed by atoms with Crippen molar-refractivity contribution in [1.29, 1.82) is 5.26 Å². The maximum atomic E-state index is 13.9. The minimum absolute atomic E-state index is 0.0227. The molecule has 1 N–H and O–H groups in total. The van der Waals surface area contributed by atoms with Crippen LogP contribution in [0.4, 0.5) is 10.1 Å². The summed E-state index contributed by atoms with van der Waals surface area (Å²) in [6.45, 7) is 1.82.